The Hall–Kier alpha value is -3.35. The Balaban J connectivity index is 1.75. The van der Waals surface area contributed by atoms with Crippen molar-refractivity contribution in [2.24, 2.45) is 0 Å². The lowest BCUT2D eigenvalue weighted by atomic mass is 10.1. The summed E-state index contributed by atoms with van der Waals surface area (Å²) in [6.07, 6.45) is 0.453. The van der Waals surface area contributed by atoms with E-state index in [0.29, 0.717) is 25.1 Å². The van der Waals surface area contributed by atoms with E-state index < -0.39 is 11.7 Å². The number of amides is 3. The third kappa shape index (κ3) is 9.23. The molecular weight excluding hydrogens is 382 g/mol. The Bertz CT molecular complexity index is 860. The van der Waals surface area contributed by atoms with Crippen LogP contribution < -0.4 is 16.0 Å². The van der Waals surface area contributed by atoms with Gasteiger partial charge in [-0.25, -0.2) is 4.79 Å². The van der Waals surface area contributed by atoms with Gasteiger partial charge in [-0.1, -0.05) is 42.5 Å². The Morgan fingerprint density at radius 1 is 0.867 bits per heavy atom. The smallest absolute Gasteiger partial charge is 0.408 e. The lowest BCUT2D eigenvalue weighted by Crippen LogP contribution is -2.37. The van der Waals surface area contributed by atoms with Gasteiger partial charge in [-0.3, -0.25) is 9.59 Å². The maximum Gasteiger partial charge on any atom is 0.408 e. The minimum absolute atomic E-state index is 0.0325. The van der Waals surface area contributed by atoms with Gasteiger partial charge in [0, 0.05) is 18.7 Å². The molecule has 7 nitrogen and oxygen atoms in total. The molecule has 3 amide bonds. The third-order valence-corrected chi connectivity index (χ3v) is 3.98. The predicted octanol–water partition coefficient (Wildman–Crippen LogP) is 3.40. The van der Waals surface area contributed by atoms with E-state index in [1.165, 1.54) is 0 Å². The number of alkyl carbamates (subject to hydrolysis) is 1. The number of aryl methyl sites for hydroxylation is 1. The van der Waals surface area contributed by atoms with Crippen LogP contribution in [0.25, 0.3) is 0 Å². The lowest BCUT2D eigenvalue weighted by Gasteiger charge is -2.19. The summed E-state index contributed by atoms with van der Waals surface area (Å²) in [5.41, 5.74) is 1.95. The van der Waals surface area contributed by atoms with Crippen LogP contribution in [0, 0.1) is 0 Å². The highest BCUT2D eigenvalue weighted by Gasteiger charge is 2.16. The van der Waals surface area contributed by atoms with Crippen molar-refractivity contribution in [1.82, 2.24) is 10.6 Å². The van der Waals surface area contributed by atoms with Crippen LogP contribution in [-0.4, -0.2) is 30.1 Å². The lowest BCUT2D eigenvalue weighted by molar-refractivity contribution is -0.121. The largest absolute Gasteiger partial charge is 0.444 e. The summed E-state index contributed by atoms with van der Waals surface area (Å²) >= 11 is 0. The molecule has 0 aliphatic heterocycles. The van der Waals surface area contributed by atoms with E-state index in [-0.39, 0.29) is 18.4 Å². The van der Waals surface area contributed by atoms with E-state index in [9.17, 15) is 14.4 Å². The van der Waals surface area contributed by atoms with Crippen LogP contribution in [0.3, 0.4) is 0 Å². The van der Waals surface area contributed by atoms with Crippen LogP contribution in [0.4, 0.5) is 10.5 Å². The molecule has 0 saturated carbocycles. The van der Waals surface area contributed by atoms with Gasteiger partial charge in [-0.15, -0.1) is 0 Å². The SMILES string of the molecule is CC(C)(C)OC(=O)NCC(=O)Nc1cccc(CNC(=O)CCc2ccccc2)c1. The highest BCUT2D eigenvalue weighted by molar-refractivity contribution is 5.93. The van der Waals surface area contributed by atoms with Crippen LogP contribution >= 0.6 is 0 Å². The fraction of sp³-hybridized carbons (Fsp3) is 0.348. The third-order valence-electron chi connectivity index (χ3n) is 3.98. The van der Waals surface area contributed by atoms with Crippen molar-refractivity contribution in [2.75, 3.05) is 11.9 Å². The van der Waals surface area contributed by atoms with E-state index in [0.717, 1.165) is 11.1 Å². The maximum atomic E-state index is 12.1. The zero-order chi connectivity index (χ0) is 22.0. The molecule has 30 heavy (non-hydrogen) atoms. The number of rotatable bonds is 8. The first-order chi connectivity index (χ1) is 14.2. The fourth-order valence-electron chi connectivity index (χ4n) is 2.62. The molecule has 0 aliphatic rings. The Kier molecular flexibility index (Phi) is 8.41. The summed E-state index contributed by atoms with van der Waals surface area (Å²) < 4.78 is 5.09. The molecule has 2 rings (SSSR count). The highest BCUT2D eigenvalue weighted by Crippen LogP contribution is 2.11. The topological polar surface area (TPSA) is 96.5 Å². The number of nitrogens with one attached hydrogen (secondary N) is 3. The van der Waals surface area contributed by atoms with Gasteiger partial charge in [0.05, 0.1) is 0 Å². The zero-order valence-electron chi connectivity index (χ0n) is 17.7. The van der Waals surface area contributed by atoms with Gasteiger partial charge in [0.1, 0.15) is 12.1 Å². The second-order valence-electron chi connectivity index (χ2n) is 7.87. The van der Waals surface area contributed by atoms with Crippen LogP contribution in [0.15, 0.2) is 54.6 Å². The molecule has 7 heteroatoms. The molecule has 0 saturated heterocycles. The molecule has 2 aromatic rings. The molecule has 0 radical (unpaired) electrons. The first-order valence-electron chi connectivity index (χ1n) is 9.87. The van der Waals surface area contributed by atoms with Crippen molar-refractivity contribution in [3.8, 4) is 0 Å². The first-order valence-corrected chi connectivity index (χ1v) is 9.87. The molecule has 160 valence electrons. The van der Waals surface area contributed by atoms with E-state index in [1.54, 1.807) is 39.0 Å². The van der Waals surface area contributed by atoms with Crippen molar-refractivity contribution >= 4 is 23.6 Å². The van der Waals surface area contributed by atoms with Crippen molar-refractivity contribution in [1.29, 1.82) is 0 Å². The minimum Gasteiger partial charge on any atom is -0.444 e. The van der Waals surface area contributed by atoms with Gasteiger partial charge in [0.15, 0.2) is 0 Å². The average Bonchev–Trinajstić information content (AvgIpc) is 2.69. The second-order valence-corrected chi connectivity index (χ2v) is 7.87. The van der Waals surface area contributed by atoms with Crippen molar-refractivity contribution < 1.29 is 19.1 Å². The molecule has 0 fully saturated rings. The number of ether oxygens (including phenoxy) is 1. The zero-order valence-corrected chi connectivity index (χ0v) is 17.7. The van der Waals surface area contributed by atoms with Crippen molar-refractivity contribution in [2.45, 2.75) is 45.8 Å². The Labute approximate surface area is 177 Å². The molecular formula is C23H29N3O4. The average molecular weight is 412 g/mol. The normalized spacial score (nSPS) is 10.8. The minimum atomic E-state index is -0.649. The van der Waals surface area contributed by atoms with E-state index >= 15 is 0 Å². The first kappa shape index (κ1) is 22.9. The van der Waals surface area contributed by atoms with Crippen molar-refractivity contribution in [3.63, 3.8) is 0 Å². The van der Waals surface area contributed by atoms with Crippen LogP contribution in [0.2, 0.25) is 0 Å². The molecule has 0 aromatic heterocycles. The summed E-state index contributed by atoms with van der Waals surface area (Å²) in [6.45, 7) is 5.42. The number of hydrogen-bond acceptors (Lipinski definition) is 4. The molecule has 0 unspecified atom stereocenters. The molecule has 0 bridgehead atoms. The quantitative estimate of drug-likeness (QED) is 0.620. The number of hydrogen-bond donors (Lipinski definition) is 3. The fourth-order valence-corrected chi connectivity index (χ4v) is 2.62. The summed E-state index contributed by atoms with van der Waals surface area (Å²) in [4.78, 5) is 35.7. The number of carbonyl (C=O) groups is 3. The second kappa shape index (κ2) is 11.0. The molecule has 0 spiro atoms. The number of carbonyl (C=O) groups excluding carboxylic acids is 3. The molecule has 0 heterocycles. The number of anilines is 1. The van der Waals surface area contributed by atoms with Gasteiger partial charge in [-0.2, -0.15) is 0 Å². The summed E-state index contributed by atoms with van der Waals surface area (Å²) in [5.74, 6) is -0.403. The highest BCUT2D eigenvalue weighted by atomic mass is 16.6. The van der Waals surface area contributed by atoms with E-state index in [1.807, 2.05) is 36.4 Å². The Morgan fingerprint density at radius 3 is 2.27 bits per heavy atom. The van der Waals surface area contributed by atoms with E-state index in [2.05, 4.69) is 16.0 Å². The summed E-state index contributed by atoms with van der Waals surface area (Å²) in [7, 11) is 0. The molecule has 3 N–H and O–H groups in total. The monoisotopic (exact) mass is 411 g/mol. The van der Waals surface area contributed by atoms with Gasteiger partial charge in [-0.05, 0) is 50.5 Å². The Morgan fingerprint density at radius 2 is 1.57 bits per heavy atom. The van der Waals surface area contributed by atoms with Crippen LogP contribution in [0.1, 0.15) is 38.3 Å². The molecule has 2 aromatic carbocycles. The van der Waals surface area contributed by atoms with Crippen LogP contribution in [-0.2, 0) is 27.3 Å². The van der Waals surface area contributed by atoms with Crippen LogP contribution in [0.5, 0.6) is 0 Å². The summed E-state index contributed by atoms with van der Waals surface area (Å²) in [6, 6.07) is 17.0. The van der Waals surface area contributed by atoms with E-state index in [4.69, 9.17) is 4.74 Å². The number of benzene rings is 2. The van der Waals surface area contributed by atoms with Gasteiger partial charge >= 0.3 is 6.09 Å². The van der Waals surface area contributed by atoms with Gasteiger partial charge in [0.25, 0.3) is 0 Å². The predicted molar refractivity (Wildman–Crippen MR) is 116 cm³/mol. The molecule has 0 aliphatic carbocycles. The standard InChI is InChI=1S/C23H29N3O4/c1-23(2,3)30-22(29)25-16-21(28)26-19-11-7-10-18(14-19)15-24-20(27)13-12-17-8-5-4-6-9-17/h4-11,14H,12-13,15-16H2,1-3H3,(H,24,27)(H,25,29)(H,26,28). The van der Waals surface area contributed by atoms with Crippen molar-refractivity contribution in [3.05, 3.63) is 65.7 Å². The summed E-state index contributed by atoms with van der Waals surface area (Å²) in [5, 5.41) is 8.01. The van der Waals surface area contributed by atoms with Gasteiger partial charge in [0.2, 0.25) is 11.8 Å². The van der Waals surface area contributed by atoms with Gasteiger partial charge < -0.3 is 20.7 Å². The molecule has 0 atom stereocenters. The maximum absolute atomic E-state index is 12.1.